The Hall–Kier alpha value is -2.31. The molecule has 19 heavy (non-hydrogen) atoms. The minimum atomic E-state index is -0.141. The van der Waals surface area contributed by atoms with Crippen molar-refractivity contribution in [1.82, 2.24) is 20.3 Å². The summed E-state index contributed by atoms with van der Waals surface area (Å²) in [6.45, 7) is 2.59. The first-order chi connectivity index (χ1) is 9.24. The maximum Gasteiger partial charge on any atom is 0.322 e. The molecule has 100 valence electrons. The molecule has 0 spiro atoms. The molecule has 2 amide bonds. The maximum atomic E-state index is 12.2. The summed E-state index contributed by atoms with van der Waals surface area (Å²) in [6, 6.07) is 1.71. The smallest absolute Gasteiger partial charge is 0.322 e. The van der Waals surface area contributed by atoms with Crippen LogP contribution in [0.3, 0.4) is 0 Å². The minimum Gasteiger partial charge on any atom is -0.359 e. The molecule has 7 heteroatoms. The van der Waals surface area contributed by atoms with Gasteiger partial charge in [-0.15, -0.1) is 0 Å². The van der Waals surface area contributed by atoms with Crippen LogP contribution in [-0.2, 0) is 0 Å². The number of carbonyl (C=O) groups is 1. The molecule has 3 rings (SSSR count). The van der Waals surface area contributed by atoms with Crippen molar-refractivity contribution in [2.45, 2.75) is 25.8 Å². The number of nitrogens with zero attached hydrogens (tertiary/aromatic N) is 3. The van der Waals surface area contributed by atoms with E-state index in [4.69, 9.17) is 4.52 Å². The minimum absolute atomic E-state index is 0.0342. The summed E-state index contributed by atoms with van der Waals surface area (Å²) in [5.41, 5.74) is 1.49. The van der Waals surface area contributed by atoms with Gasteiger partial charge in [-0.05, 0) is 19.8 Å². The fourth-order valence-corrected chi connectivity index (χ4v) is 2.36. The van der Waals surface area contributed by atoms with Crippen LogP contribution in [0.5, 0.6) is 0 Å². The monoisotopic (exact) mass is 261 g/mol. The van der Waals surface area contributed by atoms with E-state index in [2.05, 4.69) is 20.7 Å². The third kappa shape index (κ3) is 2.31. The number of aromatic nitrogens is 3. The van der Waals surface area contributed by atoms with E-state index in [1.165, 1.54) is 0 Å². The number of rotatable bonds is 2. The topological polar surface area (TPSA) is 87.0 Å². The van der Waals surface area contributed by atoms with Gasteiger partial charge in [0.2, 0.25) is 0 Å². The van der Waals surface area contributed by atoms with E-state index in [0.29, 0.717) is 12.2 Å². The van der Waals surface area contributed by atoms with Crippen LogP contribution in [0.1, 0.15) is 30.3 Å². The Bertz CT molecular complexity index is 562. The molecule has 0 unspecified atom stereocenters. The second kappa shape index (κ2) is 4.75. The molecule has 0 aromatic carbocycles. The van der Waals surface area contributed by atoms with E-state index in [1.807, 2.05) is 13.0 Å². The molecular formula is C12H15N5O2. The number of urea groups is 1. The van der Waals surface area contributed by atoms with Crippen LogP contribution in [0.15, 0.2) is 23.0 Å². The van der Waals surface area contributed by atoms with Gasteiger partial charge in [-0.3, -0.25) is 5.10 Å². The lowest BCUT2D eigenvalue weighted by Gasteiger charge is -2.22. The van der Waals surface area contributed by atoms with Crippen molar-refractivity contribution in [3.05, 3.63) is 29.9 Å². The highest BCUT2D eigenvalue weighted by Gasteiger charge is 2.32. The van der Waals surface area contributed by atoms with Crippen molar-refractivity contribution in [2.24, 2.45) is 0 Å². The van der Waals surface area contributed by atoms with Gasteiger partial charge >= 0.3 is 6.03 Å². The first-order valence-corrected chi connectivity index (χ1v) is 6.23. The van der Waals surface area contributed by atoms with Gasteiger partial charge in [-0.25, -0.2) is 4.79 Å². The first kappa shape index (κ1) is 11.8. The number of hydrogen-bond donors (Lipinski definition) is 2. The summed E-state index contributed by atoms with van der Waals surface area (Å²) in [4.78, 5) is 14.0. The van der Waals surface area contributed by atoms with Gasteiger partial charge in [-0.2, -0.15) is 5.10 Å². The van der Waals surface area contributed by atoms with Crippen molar-refractivity contribution in [1.29, 1.82) is 0 Å². The highest BCUT2D eigenvalue weighted by molar-refractivity contribution is 5.89. The summed E-state index contributed by atoms with van der Waals surface area (Å²) in [5, 5.41) is 13.1. The molecule has 0 aliphatic carbocycles. The van der Waals surface area contributed by atoms with E-state index in [9.17, 15) is 4.79 Å². The Morgan fingerprint density at radius 3 is 3.21 bits per heavy atom. The number of aromatic amines is 1. The SMILES string of the molecule is Cc1cc([C@H]2CCCN2C(=O)Nc2cn[nH]c2)on1. The maximum absolute atomic E-state index is 12.2. The van der Waals surface area contributed by atoms with Gasteiger partial charge in [0.1, 0.15) is 0 Å². The van der Waals surface area contributed by atoms with Crippen LogP contribution in [0.2, 0.25) is 0 Å². The lowest BCUT2D eigenvalue weighted by molar-refractivity contribution is 0.195. The predicted octanol–water partition coefficient (Wildman–Crippen LogP) is 2.08. The van der Waals surface area contributed by atoms with Gasteiger partial charge in [0.15, 0.2) is 5.76 Å². The largest absolute Gasteiger partial charge is 0.359 e. The second-order valence-corrected chi connectivity index (χ2v) is 4.64. The van der Waals surface area contributed by atoms with Crippen LogP contribution in [0, 0.1) is 6.92 Å². The predicted molar refractivity (Wildman–Crippen MR) is 67.5 cm³/mol. The van der Waals surface area contributed by atoms with Crippen LogP contribution in [-0.4, -0.2) is 32.8 Å². The lowest BCUT2D eigenvalue weighted by atomic mass is 10.1. The van der Waals surface area contributed by atoms with Gasteiger partial charge in [0.05, 0.1) is 23.6 Å². The van der Waals surface area contributed by atoms with Crippen LogP contribution < -0.4 is 5.32 Å². The van der Waals surface area contributed by atoms with Crippen molar-refractivity contribution in [3.63, 3.8) is 0 Å². The zero-order valence-electron chi connectivity index (χ0n) is 10.6. The summed E-state index contributed by atoms with van der Waals surface area (Å²) in [5.74, 6) is 0.748. The number of nitrogens with one attached hydrogen (secondary N) is 2. The number of aryl methyl sites for hydroxylation is 1. The normalized spacial score (nSPS) is 18.8. The molecule has 7 nitrogen and oxygen atoms in total. The highest BCUT2D eigenvalue weighted by atomic mass is 16.5. The van der Waals surface area contributed by atoms with Crippen molar-refractivity contribution in [2.75, 3.05) is 11.9 Å². The van der Waals surface area contributed by atoms with E-state index < -0.39 is 0 Å². The lowest BCUT2D eigenvalue weighted by Crippen LogP contribution is -2.34. The highest BCUT2D eigenvalue weighted by Crippen LogP contribution is 2.32. The van der Waals surface area contributed by atoms with Gasteiger partial charge in [0, 0.05) is 18.8 Å². The average Bonchev–Trinajstić information content (AvgIpc) is 3.07. The Kier molecular flexibility index (Phi) is 2.94. The number of hydrogen-bond acceptors (Lipinski definition) is 4. The molecular weight excluding hydrogens is 246 g/mol. The number of likely N-dealkylation sites (tertiary alicyclic amines) is 1. The molecule has 2 aromatic rings. The van der Waals surface area contributed by atoms with Gasteiger partial charge < -0.3 is 14.7 Å². The Morgan fingerprint density at radius 1 is 1.63 bits per heavy atom. The molecule has 1 aliphatic rings. The molecule has 2 aromatic heterocycles. The molecule has 1 fully saturated rings. The number of H-pyrrole nitrogens is 1. The molecule has 1 aliphatic heterocycles. The Labute approximate surface area is 110 Å². The fraction of sp³-hybridized carbons (Fsp3) is 0.417. The molecule has 1 saturated heterocycles. The first-order valence-electron chi connectivity index (χ1n) is 6.23. The molecule has 1 atom stereocenters. The van der Waals surface area contributed by atoms with E-state index in [-0.39, 0.29) is 12.1 Å². The zero-order chi connectivity index (χ0) is 13.2. The molecule has 3 heterocycles. The van der Waals surface area contributed by atoms with Crippen molar-refractivity contribution < 1.29 is 9.32 Å². The number of amides is 2. The van der Waals surface area contributed by atoms with Gasteiger partial charge in [0.25, 0.3) is 0 Å². The molecule has 0 saturated carbocycles. The summed E-state index contributed by atoms with van der Waals surface area (Å²) in [6.07, 6.45) is 5.07. The average molecular weight is 261 g/mol. The molecule has 0 radical (unpaired) electrons. The second-order valence-electron chi connectivity index (χ2n) is 4.64. The van der Waals surface area contributed by atoms with E-state index in [1.54, 1.807) is 17.3 Å². The zero-order valence-corrected chi connectivity index (χ0v) is 10.6. The quantitative estimate of drug-likeness (QED) is 0.866. The Balaban J connectivity index is 1.74. The van der Waals surface area contributed by atoms with Crippen LogP contribution in [0.4, 0.5) is 10.5 Å². The molecule has 0 bridgehead atoms. The summed E-state index contributed by atoms with van der Waals surface area (Å²) in [7, 11) is 0. The summed E-state index contributed by atoms with van der Waals surface area (Å²) < 4.78 is 5.27. The third-order valence-electron chi connectivity index (χ3n) is 3.24. The fourth-order valence-electron chi connectivity index (χ4n) is 2.36. The third-order valence-corrected chi connectivity index (χ3v) is 3.24. The van der Waals surface area contributed by atoms with Gasteiger partial charge in [-0.1, -0.05) is 5.16 Å². The molecule has 2 N–H and O–H groups in total. The standard InChI is InChI=1S/C12H15N5O2/c1-8-5-11(19-16-8)10-3-2-4-17(10)12(18)15-9-6-13-14-7-9/h5-7,10H,2-4H2,1H3,(H,13,14)(H,15,18)/t10-/m1/s1. The van der Waals surface area contributed by atoms with E-state index >= 15 is 0 Å². The van der Waals surface area contributed by atoms with Crippen molar-refractivity contribution >= 4 is 11.7 Å². The number of anilines is 1. The summed E-state index contributed by atoms with van der Waals surface area (Å²) >= 11 is 0. The Morgan fingerprint density at radius 2 is 2.53 bits per heavy atom. The number of carbonyl (C=O) groups excluding carboxylic acids is 1. The van der Waals surface area contributed by atoms with Crippen LogP contribution >= 0.6 is 0 Å². The van der Waals surface area contributed by atoms with Crippen molar-refractivity contribution in [3.8, 4) is 0 Å². The van der Waals surface area contributed by atoms with Crippen LogP contribution in [0.25, 0.3) is 0 Å². The van der Waals surface area contributed by atoms with E-state index in [0.717, 1.165) is 24.3 Å².